The maximum atomic E-state index is 12.5. The highest BCUT2D eigenvalue weighted by molar-refractivity contribution is 7.89. The molecule has 0 bridgehead atoms. The number of benzene rings is 2. The van der Waals surface area contributed by atoms with E-state index >= 15 is 0 Å². The number of rotatable bonds is 5. The first-order valence-corrected chi connectivity index (χ1v) is 10.4. The van der Waals surface area contributed by atoms with Crippen LogP contribution in [0.5, 0.6) is 0 Å². The Morgan fingerprint density at radius 2 is 1.89 bits per heavy atom. The van der Waals surface area contributed by atoms with Crippen molar-refractivity contribution >= 4 is 39.1 Å². The van der Waals surface area contributed by atoms with Gasteiger partial charge in [-0.2, -0.15) is 0 Å². The Morgan fingerprint density at radius 3 is 2.63 bits per heavy atom. The van der Waals surface area contributed by atoms with Crippen molar-refractivity contribution in [3.8, 4) is 0 Å². The van der Waals surface area contributed by atoms with E-state index in [1.165, 1.54) is 0 Å². The number of hydrogen-bond donors (Lipinski definition) is 2. The first-order valence-electron chi connectivity index (χ1n) is 8.90. The molecule has 6 nitrogen and oxygen atoms in total. The van der Waals surface area contributed by atoms with Gasteiger partial charge in [-0.15, -0.1) is 12.4 Å². The van der Waals surface area contributed by atoms with Gasteiger partial charge in [0.25, 0.3) is 0 Å². The molecule has 1 aliphatic heterocycles. The summed E-state index contributed by atoms with van der Waals surface area (Å²) in [6, 6.07) is 13.0. The number of amides is 1. The third kappa shape index (κ3) is 4.99. The van der Waals surface area contributed by atoms with E-state index < -0.39 is 10.0 Å². The lowest BCUT2D eigenvalue weighted by atomic mass is 10.1. The summed E-state index contributed by atoms with van der Waals surface area (Å²) in [7, 11) is -3.64. The molecule has 27 heavy (non-hydrogen) atoms. The van der Waals surface area contributed by atoms with Gasteiger partial charge in [0, 0.05) is 38.1 Å². The van der Waals surface area contributed by atoms with Gasteiger partial charge in [-0.1, -0.05) is 30.3 Å². The van der Waals surface area contributed by atoms with Crippen LogP contribution in [0.15, 0.2) is 47.4 Å². The monoisotopic (exact) mass is 411 g/mol. The van der Waals surface area contributed by atoms with E-state index in [0.717, 1.165) is 17.3 Å². The van der Waals surface area contributed by atoms with Crippen molar-refractivity contribution in [3.63, 3.8) is 0 Å². The molecule has 2 N–H and O–H groups in total. The van der Waals surface area contributed by atoms with Crippen molar-refractivity contribution in [2.45, 2.75) is 37.2 Å². The van der Waals surface area contributed by atoms with Crippen LogP contribution in [0, 0.1) is 0 Å². The van der Waals surface area contributed by atoms with Gasteiger partial charge in [0.15, 0.2) is 0 Å². The first kappa shape index (κ1) is 21.6. The molecular weight excluding hydrogens is 386 g/mol. The molecule has 1 aliphatic rings. The van der Waals surface area contributed by atoms with Gasteiger partial charge in [0.1, 0.15) is 0 Å². The van der Waals surface area contributed by atoms with Crippen LogP contribution in [0.25, 0.3) is 10.8 Å². The lowest BCUT2D eigenvalue weighted by Gasteiger charge is -2.38. The van der Waals surface area contributed by atoms with Crippen molar-refractivity contribution in [2.24, 2.45) is 0 Å². The molecular formula is C19H26ClN3O3S. The quantitative estimate of drug-likeness (QED) is 0.790. The summed E-state index contributed by atoms with van der Waals surface area (Å²) in [4.78, 5) is 14.5. The Kier molecular flexibility index (Phi) is 7.22. The fraction of sp³-hybridized carbons (Fsp3) is 0.421. The first-order chi connectivity index (χ1) is 12.4. The molecule has 0 aromatic heterocycles. The molecule has 0 radical (unpaired) electrons. The predicted molar refractivity (Wildman–Crippen MR) is 110 cm³/mol. The van der Waals surface area contributed by atoms with E-state index in [1.54, 1.807) is 18.2 Å². The average molecular weight is 412 g/mol. The molecule has 148 valence electrons. The standard InChI is InChI=1S/C19H25N3O3S.ClH/c1-14-15(2)22(12-11-20-14)19(23)9-10-21-26(24,25)18-8-7-16-5-3-4-6-17(16)13-18;/h3-8,13-15,20-21H,9-12H2,1-2H3;1H. The second-order valence-corrected chi connectivity index (χ2v) is 8.49. The summed E-state index contributed by atoms with van der Waals surface area (Å²) < 4.78 is 27.6. The maximum absolute atomic E-state index is 12.5. The van der Waals surface area contributed by atoms with E-state index in [1.807, 2.05) is 43.0 Å². The number of halogens is 1. The molecule has 1 heterocycles. The third-order valence-corrected chi connectivity index (χ3v) is 6.48. The molecule has 8 heteroatoms. The fourth-order valence-corrected chi connectivity index (χ4v) is 4.33. The number of sulfonamides is 1. The van der Waals surface area contributed by atoms with E-state index in [4.69, 9.17) is 0 Å². The van der Waals surface area contributed by atoms with Crippen molar-refractivity contribution in [3.05, 3.63) is 42.5 Å². The summed E-state index contributed by atoms with van der Waals surface area (Å²) >= 11 is 0. The number of fused-ring (bicyclic) bond motifs is 1. The largest absolute Gasteiger partial charge is 0.337 e. The SMILES string of the molecule is CC1NCCN(C(=O)CCNS(=O)(=O)c2ccc3ccccc3c2)C1C.Cl. The van der Waals surface area contributed by atoms with Gasteiger partial charge in [0.05, 0.1) is 4.90 Å². The van der Waals surface area contributed by atoms with Gasteiger partial charge < -0.3 is 10.2 Å². The number of carbonyl (C=O) groups excluding carboxylic acids is 1. The van der Waals surface area contributed by atoms with Crippen molar-refractivity contribution in [1.82, 2.24) is 14.9 Å². The van der Waals surface area contributed by atoms with E-state index in [-0.39, 0.29) is 48.3 Å². The molecule has 2 atom stereocenters. The van der Waals surface area contributed by atoms with Crippen molar-refractivity contribution in [1.29, 1.82) is 0 Å². The Bertz CT molecular complexity index is 904. The number of nitrogens with zero attached hydrogens (tertiary/aromatic N) is 1. The molecule has 3 rings (SSSR count). The molecule has 2 unspecified atom stereocenters. The minimum Gasteiger partial charge on any atom is -0.337 e. The van der Waals surface area contributed by atoms with Crippen LogP contribution in [-0.4, -0.2) is 50.9 Å². The summed E-state index contributed by atoms with van der Waals surface area (Å²) in [6.45, 7) is 5.57. The average Bonchev–Trinajstić information content (AvgIpc) is 2.63. The van der Waals surface area contributed by atoms with Crippen LogP contribution >= 0.6 is 12.4 Å². The van der Waals surface area contributed by atoms with Gasteiger partial charge in [-0.05, 0) is 36.8 Å². The topological polar surface area (TPSA) is 78.5 Å². The molecule has 2 aromatic carbocycles. The highest BCUT2D eigenvalue weighted by Gasteiger charge is 2.27. The van der Waals surface area contributed by atoms with Crippen LogP contribution in [-0.2, 0) is 14.8 Å². The molecule has 1 amide bonds. The second-order valence-electron chi connectivity index (χ2n) is 6.73. The Hall–Kier alpha value is -1.67. The molecule has 0 spiro atoms. The highest BCUT2D eigenvalue weighted by Crippen LogP contribution is 2.19. The zero-order chi connectivity index (χ0) is 18.7. The van der Waals surface area contributed by atoms with Gasteiger partial charge in [-0.25, -0.2) is 13.1 Å². The highest BCUT2D eigenvalue weighted by atomic mass is 35.5. The van der Waals surface area contributed by atoms with E-state index in [2.05, 4.69) is 10.0 Å². The van der Waals surface area contributed by atoms with Gasteiger partial charge in [-0.3, -0.25) is 4.79 Å². The van der Waals surface area contributed by atoms with Crippen molar-refractivity contribution < 1.29 is 13.2 Å². The summed E-state index contributed by atoms with van der Waals surface area (Å²) in [5.41, 5.74) is 0. The van der Waals surface area contributed by atoms with Crippen LogP contribution in [0.2, 0.25) is 0 Å². The summed E-state index contributed by atoms with van der Waals surface area (Å²) in [6.07, 6.45) is 0.157. The fourth-order valence-electron chi connectivity index (χ4n) is 3.26. The number of hydrogen-bond acceptors (Lipinski definition) is 4. The van der Waals surface area contributed by atoms with Crippen molar-refractivity contribution in [2.75, 3.05) is 19.6 Å². The maximum Gasteiger partial charge on any atom is 0.240 e. The molecule has 1 saturated heterocycles. The lowest BCUT2D eigenvalue weighted by Crippen LogP contribution is -2.57. The lowest BCUT2D eigenvalue weighted by molar-refractivity contribution is -0.134. The summed E-state index contributed by atoms with van der Waals surface area (Å²) in [5, 5.41) is 5.19. The van der Waals surface area contributed by atoms with Gasteiger partial charge >= 0.3 is 0 Å². The van der Waals surface area contributed by atoms with Crippen LogP contribution in [0.4, 0.5) is 0 Å². The van der Waals surface area contributed by atoms with E-state index in [0.29, 0.717) is 6.54 Å². The Labute approximate surface area is 166 Å². The third-order valence-electron chi connectivity index (χ3n) is 5.02. The van der Waals surface area contributed by atoms with Crippen LogP contribution in [0.1, 0.15) is 20.3 Å². The Balaban J connectivity index is 0.00000261. The number of carbonyl (C=O) groups is 1. The minimum atomic E-state index is -3.64. The molecule has 0 saturated carbocycles. The minimum absolute atomic E-state index is 0. The normalized spacial score (nSPS) is 20.3. The number of nitrogens with one attached hydrogen (secondary N) is 2. The summed E-state index contributed by atoms with van der Waals surface area (Å²) in [5.74, 6) is -0.0212. The second kappa shape index (κ2) is 9.01. The zero-order valence-electron chi connectivity index (χ0n) is 15.5. The smallest absolute Gasteiger partial charge is 0.240 e. The number of piperazine rings is 1. The zero-order valence-corrected chi connectivity index (χ0v) is 17.1. The molecule has 0 aliphatic carbocycles. The molecule has 1 fully saturated rings. The van der Waals surface area contributed by atoms with Crippen LogP contribution in [0.3, 0.4) is 0 Å². The van der Waals surface area contributed by atoms with E-state index in [9.17, 15) is 13.2 Å². The predicted octanol–water partition coefficient (Wildman–Crippen LogP) is 2.14. The Morgan fingerprint density at radius 1 is 1.19 bits per heavy atom. The van der Waals surface area contributed by atoms with Gasteiger partial charge in [0.2, 0.25) is 15.9 Å². The van der Waals surface area contributed by atoms with Crippen LogP contribution < -0.4 is 10.0 Å². The molecule has 2 aromatic rings.